The van der Waals surface area contributed by atoms with Crippen LogP contribution in [0.25, 0.3) is 0 Å². The van der Waals surface area contributed by atoms with E-state index in [1.54, 1.807) is 11.4 Å². The maximum atomic E-state index is 12.7. The highest BCUT2D eigenvalue weighted by Crippen LogP contribution is 2.26. The largest absolute Gasteiger partial charge is 0.317 e. The Labute approximate surface area is 124 Å². The maximum Gasteiger partial charge on any atom is 0.282 e. The fourth-order valence-corrected chi connectivity index (χ4v) is 4.66. The van der Waals surface area contributed by atoms with E-state index in [1.807, 2.05) is 13.8 Å². The Hall–Kier alpha value is -0.170. The third-order valence-corrected chi connectivity index (χ3v) is 6.25. The van der Waals surface area contributed by atoms with Crippen LogP contribution in [0.1, 0.15) is 52.9 Å². The molecule has 120 valence electrons. The number of rotatable bonds is 8. The minimum absolute atomic E-state index is 0.115. The first-order chi connectivity index (χ1) is 9.41. The second-order valence-corrected chi connectivity index (χ2v) is 7.83. The summed E-state index contributed by atoms with van der Waals surface area (Å²) in [6, 6.07) is 0.230. The molecule has 0 bridgehead atoms. The second-order valence-electron chi connectivity index (χ2n) is 5.89. The van der Waals surface area contributed by atoms with E-state index < -0.39 is 10.2 Å². The molecule has 0 unspecified atom stereocenters. The van der Waals surface area contributed by atoms with Crippen molar-refractivity contribution in [2.75, 3.05) is 26.7 Å². The summed E-state index contributed by atoms with van der Waals surface area (Å²) in [4.78, 5) is 0. The molecule has 0 radical (unpaired) electrons. The number of nitrogens with one attached hydrogen (secondary N) is 1. The van der Waals surface area contributed by atoms with Crippen LogP contribution in [0.5, 0.6) is 0 Å². The first kappa shape index (κ1) is 17.9. The molecule has 0 aromatic carbocycles. The van der Waals surface area contributed by atoms with Gasteiger partial charge in [0, 0.05) is 25.7 Å². The minimum Gasteiger partial charge on any atom is -0.317 e. The summed E-state index contributed by atoms with van der Waals surface area (Å²) in [5, 5.41) is 3.30. The van der Waals surface area contributed by atoms with Crippen LogP contribution in [0, 0.1) is 0 Å². The SMILES string of the molecule is CCCNCCCN(C)S(=O)(=O)N1[C@H](C)CCC[C@@H]1C. The highest BCUT2D eigenvalue weighted by Gasteiger charge is 2.36. The molecule has 20 heavy (non-hydrogen) atoms. The van der Waals surface area contributed by atoms with Gasteiger partial charge in [0.25, 0.3) is 10.2 Å². The molecule has 1 saturated heterocycles. The Morgan fingerprint density at radius 1 is 1.20 bits per heavy atom. The predicted octanol–water partition coefficient (Wildman–Crippen LogP) is 1.82. The van der Waals surface area contributed by atoms with Gasteiger partial charge in [-0.15, -0.1) is 0 Å². The second kappa shape index (κ2) is 8.32. The van der Waals surface area contributed by atoms with E-state index in [4.69, 9.17) is 0 Å². The number of hydrogen-bond donors (Lipinski definition) is 1. The van der Waals surface area contributed by atoms with Gasteiger partial charge >= 0.3 is 0 Å². The highest BCUT2D eigenvalue weighted by molar-refractivity contribution is 7.86. The molecule has 1 heterocycles. The van der Waals surface area contributed by atoms with Crippen LogP contribution in [0.15, 0.2) is 0 Å². The first-order valence-electron chi connectivity index (χ1n) is 7.86. The predicted molar refractivity (Wildman–Crippen MR) is 83.9 cm³/mol. The summed E-state index contributed by atoms with van der Waals surface area (Å²) in [5.74, 6) is 0. The molecular weight excluding hydrogens is 274 g/mol. The van der Waals surface area contributed by atoms with Gasteiger partial charge in [-0.1, -0.05) is 13.3 Å². The molecule has 0 saturated carbocycles. The van der Waals surface area contributed by atoms with E-state index in [2.05, 4.69) is 12.2 Å². The fourth-order valence-electron chi connectivity index (χ4n) is 2.86. The van der Waals surface area contributed by atoms with Crippen molar-refractivity contribution in [1.82, 2.24) is 13.9 Å². The van der Waals surface area contributed by atoms with Gasteiger partial charge in [0.05, 0.1) is 0 Å². The van der Waals surface area contributed by atoms with Crippen LogP contribution in [-0.4, -0.2) is 55.8 Å². The average molecular weight is 305 g/mol. The molecule has 2 atom stereocenters. The molecule has 0 amide bonds. The van der Waals surface area contributed by atoms with Gasteiger partial charge in [-0.3, -0.25) is 0 Å². The van der Waals surface area contributed by atoms with Crippen molar-refractivity contribution in [3.63, 3.8) is 0 Å². The van der Waals surface area contributed by atoms with E-state index in [0.29, 0.717) is 6.54 Å². The lowest BCUT2D eigenvalue weighted by Gasteiger charge is -2.39. The Kier molecular flexibility index (Phi) is 7.43. The van der Waals surface area contributed by atoms with E-state index in [9.17, 15) is 8.42 Å². The summed E-state index contributed by atoms with van der Waals surface area (Å²) in [6.07, 6.45) is 5.02. The Bertz CT molecular complexity index is 363. The number of piperidine rings is 1. The monoisotopic (exact) mass is 305 g/mol. The normalized spacial score (nSPS) is 25.2. The Balaban J connectivity index is 2.53. The lowest BCUT2D eigenvalue weighted by atomic mass is 10.0. The first-order valence-corrected chi connectivity index (χ1v) is 9.26. The standard InChI is InChI=1S/C14H31N3O2S/c1-5-10-15-11-7-12-16(4)20(18,19)17-13(2)8-6-9-14(17)3/h13-15H,5-12H2,1-4H3/t13-,14+. The zero-order valence-electron chi connectivity index (χ0n) is 13.4. The van der Waals surface area contributed by atoms with Gasteiger partial charge in [-0.25, -0.2) is 0 Å². The van der Waals surface area contributed by atoms with Crippen molar-refractivity contribution >= 4 is 10.2 Å². The summed E-state index contributed by atoms with van der Waals surface area (Å²) in [5.41, 5.74) is 0. The van der Waals surface area contributed by atoms with Crippen LogP contribution < -0.4 is 5.32 Å². The van der Waals surface area contributed by atoms with Crippen LogP contribution >= 0.6 is 0 Å². The highest BCUT2D eigenvalue weighted by atomic mass is 32.2. The molecule has 0 aliphatic carbocycles. The van der Waals surface area contributed by atoms with Gasteiger partial charge in [0.1, 0.15) is 0 Å². The van der Waals surface area contributed by atoms with Crippen molar-refractivity contribution in [1.29, 1.82) is 0 Å². The molecule has 1 N–H and O–H groups in total. The van der Waals surface area contributed by atoms with Crippen molar-refractivity contribution in [3.8, 4) is 0 Å². The molecule has 0 spiro atoms. The molecule has 1 aliphatic heterocycles. The Morgan fingerprint density at radius 3 is 2.35 bits per heavy atom. The lowest BCUT2D eigenvalue weighted by molar-refractivity contribution is 0.191. The third-order valence-electron chi connectivity index (χ3n) is 4.03. The average Bonchev–Trinajstić information content (AvgIpc) is 2.37. The number of hydrogen-bond acceptors (Lipinski definition) is 3. The van der Waals surface area contributed by atoms with Crippen LogP contribution in [-0.2, 0) is 10.2 Å². The van der Waals surface area contributed by atoms with Crippen molar-refractivity contribution < 1.29 is 8.42 Å². The van der Waals surface area contributed by atoms with Crippen LogP contribution in [0.4, 0.5) is 0 Å². The van der Waals surface area contributed by atoms with E-state index in [0.717, 1.165) is 45.2 Å². The van der Waals surface area contributed by atoms with Gasteiger partial charge < -0.3 is 5.32 Å². The lowest BCUT2D eigenvalue weighted by Crippen LogP contribution is -2.52. The molecule has 1 aliphatic rings. The van der Waals surface area contributed by atoms with E-state index in [1.165, 1.54) is 4.31 Å². The van der Waals surface area contributed by atoms with E-state index >= 15 is 0 Å². The molecule has 1 fully saturated rings. The maximum absolute atomic E-state index is 12.7. The summed E-state index contributed by atoms with van der Waals surface area (Å²) in [7, 11) is -1.62. The van der Waals surface area contributed by atoms with E-state index in [-0.39, 0.29) is 12.1 Å². The Morgan fingerprint density at radius 2 is 1.80 bits per heavy atom. The zero-order chi connectivity index (χ0) is 15.2. The van der Waals surface area contributed by atoms with Crippen molar-refractivity contribution in [2.24, 2.45) is 0 Å². The van der Waals surface area contributed by atoms with Crippen LogP contribution in [0.3, 0.4) is 0 Å². The van der Waals surface area contributed by atoms with Crippen molar-refractivity contribution in [2.45, 2.75) is 65.0 Å². The molecular formula is C14H31N3O2S. The minimum atomic E-state index is -3.31. The van der Waals surface area contributed by atoms with Gasteiger partial charge in [0.15, 0.2) is 0 Å². The summed E-state index contributed by atoms with van der Waals surface area (Å²) < 4.78 is 28.5. The topological polar surface area (TPSA) is 52.7 Å². The zero-order valence-corrected chi connectivity index (χ0v) is 14.2. The summed E-state index contributed by atoms with van der Waals surface area (Å²) >= 11 is 0. The summed E-state index contributed by atoms with van der Waals surface area (Å²) in [6.45, 7) is 8.61. The van der Waals surface area contributed by atoms with Crippen molar-refractivity contribution in [3.05, 3.63) is 0 Å². The fraction of sp³-hybridized carbons (Fsp3) is 1.00. The smallest absolute Gasteiger partial charge is 0.282 e. The third kappa shape index (κ3) is 4.69. The van der Waals surface area contributed by atoms with Gasteiger partial charge in [-0.05, 0) is 52.6 Å². The van der Waals surface area contributed by atoms with Crippen LogP contribution in [0.2, 0.25) is 0 Å². The van der Waals surface area contributed by atoms with Gasteiger partial charge in [0.2, 0.25) is 0 Å². The molecule has 6 heteroatoms. The molecule has 0 aromatic rings. The quantitative estimate of drug-likeness (QED) is 0.696. The molecule has 1 rings (SSSR count). The molecule has 5 nitrogen and oxygen atoms in total. The molecule has 0 aromatic heterocycles. The number of nitrogens with zero attached hydrogens (tertiary/aromatic N) is 2. The van der Waals surface area contributed by atoms with Gasteiger partial charge in [-0.2, -0.15) is 17.0 Å².